The molecule has 2 aromatic carbocycles. The number of nitrogens with zero attached hydrogens (tertiary/aromatic N) is 1. The number of aliphatic hydroxyl groups excluding tert-OH is 1. The van der Waals surface area contributed by atoms with E-state index >= 15 is 0 Å². The van der Waals surface area contributed by atoms with E-state index in [1.54, 1.807) is 0 Å². The van der Waals surface area contributed by atoms with Gasteiger partial charge >= 0.3 is 0 Å². The Balaban J connectivity index is 1.60. The summed E-state index contributed by atoms with van der Waals surface area (Å²) in [6, 6.07) is 10.6. The number of hydrogen-bond acceptors (Lipinski definition) is 4. The molecule has 0 radical (unpaired) electrons. The molecule has 1 unspecified atom stereocenters. The van der Waals surface area contributed by atoms with Crippen LogP contribution in [0.15, 0.2) is 42.5 Å². The molecule has 1 aliphatic heterocycles. The molecule has 0 spiro atoms. The van der Waals surface area contributed by atoms with Gasteiger partial charge in [-0.25, -0.2) is 8.78 Å². The van der Waals surface area contributed by atoms with Gasteiger partial charge in [-0.2, -0.15) is 0 Å². The van der Waals surface area contributed by atoms with Crippen molar-refractivity contribution in [2.75, 3.05) is 19.6 Å². The second-order valence-electron chi connectivity index (χ2n) is 10.3. The maximum Gasteiger partial charge on any atom is 0.222 e. The topological polar surface area (TPSA) is 81.7 Å². The standard InChI is InChI=1S/C30H41F2N3O3/c1-3-5-10-35-11-9-22(17-30(35)38)16-29(37)34-27(15-24-13-25(31)18-26(32)14-24)28(36)20-33-19-23-8-6-7-21(4-2)12-23/h6-8,12-14,18,22,27-28,33,36H,3-5,9-11,15-17,19-20H2,1-2H3,(H,34,37)/t22?,27-,28-/m0/s1. The maximum atomic E-state index is 13.8. The average molecular weight is 530 g/mol. The minimum absolute atomic E-state index is 0.0613. The molecule has 0 bridgehead atoms. The van der Waals surface area contributed by atoms with Crippen LogP contribution in [0.5, 0.6) is 0 Å². The summed E-state index contributed by atoms with van der Waals surface area (Å²) in [5, 5.41) is 17.1. The molecule has 0 saturated carbocycles. The van der Waals surface area contributed by atoms with Crippen LogP contribution in [-0.4, -0.2) is 53.6 Å². The Morgan fingerprint density at radius 3 is 2.53 bits per heavy atom. The monoisotopic (exact) mass is 529 g/mol. The summed E-state index contributed by atoms with van der Waals surface area (Å²) >= 11 is 0. The van der Waals surface area contributed by atoms with Gasteiger partial charge in [0.15, 0.2) is 0 Å². The zero-order valence-corrected chi connectivity index (χ0v) is 22.5. The molecule has 1 aliphatic rings. The van der Waals surface area contributed by atoms with Crippen molar-refractivity contribution in [1.82, 2.24) is 15.5 Å². The number of unbranched alkanes of at least 4 members (excludes halogenated alkanes) is 1. The van der Waals surface area contributed by atoms with Crippen molar-refractivity contribution in [2.45, 2.75) is 77.5 Å². The van der Waals surface area contributed by atoms with Crippen LogP contribution in [0.4, 0.5) is 8.78 Å². The molecule has 3 N–H and O–H groups in total. The SMILES string of the molecule is CCCCN1CCC(CC(=O)N[C@@H](Cc2cc(F)cc(F)c2)[C@@H](O)CNCc2cccc(CC)c2)CC1=O. The summed E-state index contributed by atoms with van der Waals surface area (Å²) < 4.78 is 27.6. The van der Waals surface area contributed by atoms with Crippen molar-refractivity contribution in [2.24, 2.45) is 5.92 Å². The minimum Gasteiger partial charge on any atom is -0.390 e. The summed E-state index contributed by atoms with van der Waals surface area (Å²) in [5.74, 6) is -1.68. The Morgan fingerprint density at radius 2 is 1.84 bits per heavy atom. The van der Waals surface area contributed by atoms with Crippen LogP contribution in [0, 0.1) is 17.6 Å². The number of carbonyl (C=O) groups excluding carboxylic acids is 2. The van der Waals surface area contributed by atoms with Crippen molar-refractivity contribution in [3.05, 3.63) is 70.8 Å². The first-order valence-electron chi connectivity index (χ1n) is 13.8. The van der Waals surface area contributed by atoms with E-state index in [1.165, 1.54) is 17.7 Å². The molecule has 2 amide bonds. The van der Waals surface area contributed by atoms with Gasteiger partial charge in [0, 0.05) is 45.1 Å². The second-order valence-corrected chi connectivity index (χ2v) is 10.3. The number of halogens is 2. The predicted octanol–water partition coefficient (Wildman–Crippen LogP) is 4.13. The van der Waals surface area contributed by atoms with Crippen LogP contribution in [0.1, 0.15) is 62.6 Å². The quantitative estimate of drug-likeness (QED) is 0.344. The number of benzene rings is 2. The van der Waals surface area contributed by atoms with Gasteiger partial charge in [-0.15, -0.1) is 0 Å². The van der Waals surface area contributed by atoms with Gasteiger partial charge in [0.1, 0.15) is 11.6 Å². The molecule has 6 nitrogen and oxygen atoms in total. The first kappa shape index (κ1) is 29.7. The summed E-state index contributed by atoms with van der Waals surface area (Å²) in [5.41, 5.74) is 2.65. The van der Waals surface area contributed by atoms with E-state index in [0.717, 1.165) is 43.9 Å². The molecule has 8 heteroatoms. The summed E-state index contributed by atoms with van der Waals surface area (Å²) in [6.45, 7) is 6.30. The lowest BCUT2D eigenvalue weighted by atomic mass is 9.92. The van der Waals surface area contributed by atoms with Crippen LogP contribution in [0.2, 0.25) is 0 Å². The molecular formula is C30H41F2N3O3. The third-order valence-corrected chi connectivity index (χ3v) is 7.15. The number of nitrogens with one attached hydrogen (secondary N) is 2. The lowest BCUT2D eigenvalue weighted by molar-refractivity contribution is -0.135. The number of rotatable bonds is 14. The highest BCUT2D eigenvalue weighted by atomic mass is 19.1. The van der Waals surface area contributed by atoms with Crippen LogP contribution >= 0.6 is 0 Å². The molecule has 2 aromatic rings. The van der Waals surface area contributed by atoms with Gasteiger partial charge in [-0.1, -0.05) is 44.5 Å². The fourth-order valence-electron chi connectivity index (χ4n) is 4.96. The Morgan fingerprint density at radius 1 is 1.11 bits per heavy atom. The minimum atomic E-state index is -0.989. The van der Waals surface area contributed by atoms with Gasteiger partial charge in [-0.3, -0.25) is 9.59 Å². The third-order valence-electron chi connectivity index (χ3n) is 7.15. The Bertz CT molecular complexity index is 1040. The third kappa shape index (κ3) is 9.48. The van der Waals surface area contributed by atoms with Gasteiger partial charge in [0.25, 0.3) is 0 Å². The smallest absolute Gasteiger partial charge is 0.222 e. The average Bonchev–Trinajstić information content (AvgIpc) is 2.87. The van der Waals surface area contributed by atoms with E-state index in [2.05, 4.69) is 36.6 Å². The van der Waals surface area contributed by atoms with Gasteiger partial charge in [0.2, 0.25) is 11.8 Å². The lowest BCUT2D eigenvalue weighted by Crippen LogP contribution is -2.49. The molecular weight excluding hydrogens is 488 g/mol. The van der Waals surface area contributed by atoms with Crippen molar-refractivity contribution in [3.63, 3.8) is 0 Å². The van der Waals surface area contributed by atoms with Crippen LogP contribution in [-0.2, 0) is 29.0 Å². The predicted molar refractivity (Wildman–Crippen MR) is 144 cm³/mol. The number of hydrogen-bond donors (Lipinski definition) is 3. The molecule has 1 heterocycles. The fraction of sp³-hybridized carbons (Fsp3) is 0.533. The van der Waals surface area contributed by atoms with Crippen molar-refractivity contribution in [1.29, 1.82) is 0 Å². The molecule has 38 heavy (non-hydrogen) atoms. The number of likely N-dealkylation sites (tertiary alicyclic amines) is 1. The Hall–Kier alpha value is -2.84. The van der Waals surface area contributed by atoms with Gasteiger partial charge in [-0.05, 0) is 60.4 Å². The maximum absolute atomic E-state index is 13.8. The molecule has 1 fully saturated rings. The van der Waals surface area contributed by atoms with Gasteiger partial charge in [0.05, 0.1) is 12.1 Å². The number of aliphatic hydroxyl groups is 1. The Labute approximate surface area is 224 Å². The largest absolute Gasteiger partial charge is 0.390 e. The molecule has 0 aliphatic carbocycles. The van der Waals surface area contributed by atoms with E-state index in [0.29, 0.717) is 25.1 Å². The van der Waals surface area contributed by atoms with E-state index in [1.807, 2.05) is 17.0 Å². The van der Waals surface area contributed by atoms with E-state index in [9.17, 15) is 23.5 Å². The van der Waals surface area contributed by atoms with Gasteiger partial charge < -0.3 is 20.6 Å². The van der Waals surface area contributed by atoms with Crippen molar-refractivity contribution in [3.8, 4) is 0 Å². The van der Waals surface area contributed by atoms with Crippen molar-refractivity contribution >= 4 is 11.8 Å². The summed E-state index contributed by atoms with van der Waals surface area (Å²) in [4.78, 5) is 27.3. The zero-order chi connectivity index (χ0) is 27.5. The second kappa shape index (κ2) is 14.9. The van der Waals surface area contributed by atoms with Crippen LogP contribution in [0.25, 0.3) is 0 Å². The highest BCUT2D eigenvalue weighted by Crippen LogP contribution is 2.22. The van der Waals surface area contributed by atoms with E-state index in [-0.39, 0.29) is 37.1 Å². The van der Waals surface area contributed by atoms with Crippen LogP contribution in [0.3, 0.4) is 0 Å². The van der Waals surface area contributed by atoms with Crippen molar-refractivity contribution < 1.29 is 23.5 Å². The first-order valence-corrected chi connectivity index (χ1v) is 13.8. The molecule has 3 atom stereocenters. The highest BCUT2D eigenvalue weighted by molar-refractivity contribution is 5.80. The number of amides is 2. The van der Waals surface area contributed by atoms with E-state index in [4.69, 9.17) is 0 Å². The highest BCUT2D eigenvalue weighted by Gasteiger charge is 2.29. The van der Waals surface area contributed by atoms with Crippen LogP contribution < -0.4 is 10.6 Å². The summed E-state index contributed by atoms with van der Waals surface area (Å²) in [6.07, 6.45) is 3.26. The number of aryl methyl sites for hydroxylation is 1. The molecule has 0 aromatic heterocycles. The molecule has 208 valence electrons. The van der Waals surface area contributed by atoms with E-state index < -0.39 is 23.8 Å². The molecule has 1 saturated heterocycles. The number of piperidine rings is 1. The normalized spacial score (nSPS) is 17.3. The number of carbonyl (C=O) groups is 2. The summed E-state index contributed by atoms with van der Waals surface area (Å²) in [7, 11) is 0. The first-order chi connectivity index (χ1) is 18.3. The fourth-order valence-corrected chi connectivity index (χ4v) is 4.96. The zero-order valence-electron chi connectivity index (χ0n) is 22.5. The Kier molecular flexibility index (Phi) is 11.7. The lowest BCUT2D eigenvalue weighted by Gasteiger charge is -2.32. The molecule has 3 rings (SSSR count).